The van der Waals surface area contributed by atoms with Gasteiger partial charge in [-0.05, 0) is 43.9 Å². The zero-order chi connectivity index (χ0) is 17.3. The topological polar surface area (TPSA) is 86.7 Å². The Bertz CT molecular complexity index is 687. The number of carboxylic acid groups (broad SMARTS) is 1. The number of rotatable bonds is 4. The first-order chi connectivity index (χ1) is 11.5. The Morgan fingerprint density at radius 2 is 1.92 bits per heavy atom. The highest BCUT2D eigenvalue weighted by Crippen LogP contribution is 2.32. The molecule has 1 aliphatic carbocycles. The van der Waals surface area contributed by atoms with Crippen LogP contribution in [0.15, 0.2) is 18.2 Å². The van der Waals surface area contributed by atoms with Gasteiger partial charge in [-0.25, -0.2) is 9.18 Å². The molecular formula is C17H19FN2O4. The van der Waals surface area contributed by atoms with Gasteiger partial charge in [0.05, 0.1) is 17.2 Å². The number of piperidine rings is 1. The van der Waals surface area contributed by atoms with Crippen molar-refractivity contribution in [2.24, 2.45) is 11.8 Å². The van der Waals surface area contributed by atoms with E-state index >= 15 is 0 Å². The van der Waals surface area contributed by atoms with Crippen molar-refractivity contribution in [3.05, 3.63) is 29.6 Å². The number of anilines is 1. The molecule has 0 aromatic heterocycles. The van der Waals surface area contributed by atoms with Crippen LogP contribution in [0.2, 0.25) is 0 Å². The molecule has 128 valence electrons. The molecule has 1 atom stereocenters. The first-order valence-corrected chi connectivity index (χ1v) is 8.08. The van der Waals surface area contributed by atoms with Gasteiger partial charge in [0.1, 0.15) is 5.82 Å². The summed E-state index contributed by atoms with van der Waals surface area (Å²) in [6.07, 6.45) is 3.24. The van der Waals surface area contributed by atoms with Gasteiger partial charge in [-0.3, -0.25) is 9.59 Å². The predicted octanol–water partition coefficient (Wildman–Crippen LogP) is 2.11. The molecule has 3 rings (SSSR count). The zero-order valence-electron chi connectivity index (χ0n) is 13.1. The highest BCUT2D eigenvalue weighted by atomic mass is 19.1. The van der Waals surface area contributed by atoms with E-state index in [-0.39, 0.29) is 34.9 Å². The predicted molar refractivity (Wildman–Crippen MR) is 84.0 cm³/mol. The lowest BCUT2D eigenvalue weighted by Crippen LogP contribution is -2.44. The molecule has 7 heteroatoms. The molecule has 0 spiro atoms. The second-order valence-corrected chi connectivity index (χ2v) is 6.39. The molecule has 1 unspecified atom stereocenters. The van der Waals surface area contributed by atoms with Crippen molar-refractivity contribution in [3.63, 3.8) is 0 Å². The van der Waals surface area contributed by atoms with Gasteiger partial charge in [0.25, 0.3) is 0 Å². The van der Waals surface area contributed by atoms with Crippen LogP contribution >= 0.6 is 0 Å². The van der Waals surface area contributed by atoms with E-state index in [1.54, 1.807) is 4.90 Å². The average molecular weight is 334 g/mol. The highest BCUT2D eigenvalue weighted by Gasteiger charge is 2.36. The number of likely N-dealkylation sites (tertiary alicyclic amines) is 1. The Balaban J connectivity index is 1.63. The van der Waals surface area contributed by atoms with Crippen molar-refractivity contribution in [3.8, 4) is 0 Å². The van der Waals surface area contributed by atoms with Gasteiger partial charge in [-0.1, -0.05) is 0 Å². The first kappa shape index (κ1) is 16.4. The number of carbonyl (C=O) groups excluding carboxylic acids is 2. The third-order valence-corrected chi connectivity index (χ3v) is 4.50. The maximum absolute atomic E-state index is 13.9. The second kappa shape index (κ2) is 6.59. The lowest BCUT2D eigenvalue weighted by atomic mass is 9.96. The minimum Gasteiger partial charge on any atom is -0.478 e. The number of benzene rings is 1. The zero-order valence-corrected chi connectivity index (χ0v) is 13.1. The summed E-state index contributed by atoms with van der Waals surface area (Å²) >= 11 is 0. The van der Waals surface area contributed by atoms with Gasteiger partial charge in [0.15, 0.2) is 0 Å². The Morgan fingerprint density at radius 1 is 1.17 bits per heavy atom. The number of hydrogen-bond acceptors (Lipinski definition) is 3. The van der Waals surface area contributed by atoms with Crippen molar-refractivity contribution >= 4 is 23.5 Å². The molecule has 1 aromatic carbocycles. The molecule has 0 radical (unpaired) electrons. The van der Waals surface area contributed by atoms with Crippen LogP contribution < -0.4 is 5.32 Å². The summed E-state index contributed by atoms with van der Waals surface area (Å²) in [4.78, 5) is 37.0. The van der Waals surface area contributed by atoms with E-state index < -0.39 is 11.8 Å². The lowest BCUT2D eigenvalue weighted by Gasteiger charge is -2.32. The van der Waals surface area contributed by atoms with Crippen molar-refractivity contribution in [2.45, 2.75) is 25.7 Å². The molecular weight excluding hydrogens is 315 g/mol. The quantitative estimate of drug-likeness (QED) is 0.883. The van der Waals surface area contributed by atoms with Crippen LogP contribution in [0, 0.1) is 17.7 Å². The van der Waals surface area contributed by atoms with Crippen LogP contribution in [0.1, 0.15) is 36.0 Å². The third-order valence-electron chi connectivity index (χ3n) is 4.50. The van der Waals surface area contributed by atoms with Gasteiger partial charge in [-0.15, -0.1) is 0 Å². The summed E-state index contributed by atoms with van der Waals surface area (Å²) in [7, 11) is 0. The fourth-order valence-electron chi connectivity index (χ4n) is 2.96. The Labute approximate surface area is 138 Å². The van der Waals surface area contributed by atoms with Gasteiger partial charge < -0.3 is 15.3 Å². The first-order valence-electron chi connectivity index (χ1n) is 8.08. The fraction of sp³-hybridized carbons (Fsp3) is 0.471. The summed E-state index contributed by atoms with van der Waals surface area (Å²) in [5.74, 6) is -2.50. The number of amides is 2. The maximum Gasteiger partial charge on any atom is 0.335 e. The molecule has 1 heterocycles. The largest absolute Gasteiger partial charge is 0.478 e. The average Bonchev–Trinajstić information content (AvgIpc) is 3.41. The smallest absolute Gasteiger partial charge is 0.335 e. The number of hydrogen-bond donors (Lipinski definition) is 2. The van der Waals surface area contributed by atoms with Crippen LogP contribution in [-0.4, -0.2) is 40.9 Å². The van der Waals surface area contributed by atoms with E-state index in [0.717, 1.165) is 25.3 Å². The van der Waals surface area contributed by atoms with Crippen LogP contribution in [0.25, 0.3) is 0 Å². The summed E-state index contributed by atoms with van der Waals surface area (Å²) in [5.41, 5.74) is -0.222. The maximum atomic E-state index is 13.9. The normalized spacial score (nSPS) is 20.5. The molecule has 1 saturated carbocycles. The molecule has 2 amide bonds. The highest BCUT2D eigenvalue weighted by molar-refractivity contribution is 5.94. The monoisotopic (exact) mass is 334 g/mol. The molecule has 24 heavy (non-hydrogen) atoms. The van der Waals surface area contributed by atoms with E-state index in [0.29, 0.717) is 19.5 Å². The molecule has 6 nitrogen and oxygen atoms in total. The van der Waals surface area contributed by atoms with Crippen molar-refractivity contribution in [2.75, 3.05) is 18.4 Å². The van der Waals surface area contributed by atoms with Gasteiger partial charge in [0.2, 0.25) is 11.8 Å². The van der Waals surface area contributed by atoms with Gasteiger partial charge >= 0.3 is 5.97 Å². The number of nitrogens with zero attached hydrogens (tertiary/aromatic N) is 1. The number of halogens is 1. The van der Waals surface area contributed by atoms with Crippen LogP contribution in [-0.2, 0) is 9.59 Å². The van der Waals surface area contributed by atoms with E-state index in [9.17, 15) is 18.8 Å². The number of carboxylic acids is 1. The molecule has 1 aromatic rings. The molecule has 1 aliphatic heterocycles. The van der Waals surface area contributed by atoms with Crippen molar-refractivity contribution in [1.29, 1.82) is 0 Å². The number of carbonyl (C=O) groups is 3. The second-order valence-electron chi connectivity index (χ2n) is 6.39. The number of aromatic carboxylic acids is 1. The Hall–Kier alpha value is -2.44. The van der Waals surface area contributed by atoms with Gasteiger partial charge in [-0.2, -0.15) is 0 Å². The third kappa shape index (κ3) is 3.55. The van der Waals surface area contributed by atoms with Crippen LogP contribution in [0.4, 0.5) is 10.1 Å². The summed E-state index contributed by atoms with van der Waals surface area (Å²) in [6, 6.07) is 3.36. The summed E-state index contributed by atoms with van der Waals surface area (Å²) in [5, 5.41) is 11.3. The molecule has 1 saturated heterocycles. The van der Waals surface area contributed by atoms with Crippen molar-refractivity contribution in [1.82, 2.24) is 4.90 Å². The Morgan fingerprint density at radius 3 is 2.54 bits per heavy atom. The minimum absolute atomic E-state index is 0.0457. The SMILES string of the molecule is O=C(O)c1ccc(NC(=O)C2CCCN(C(=O)C3CC3)C2)c(F)c1. The van der Waals surface area contributed by atoms with Gasteiger partial charge in [0, 0.05) is 19.0 Å². The molecule has 2 N–H and O–H groups in total. The standard InChI is InChI=1S/C17H19FN2O4/c18-13-8-11(17(23)24)5-6-14(13)19-15(21)12-2-1-7-20(9-12)16(22)10-3-4-10/h5-6,8,10,12H,1-4,7,9H2,(H,19,21)(H,23,24). The van der Waals surface area contributed by atoms with E-state index in [4.69, 9.17) is 5.11 Å². The Kier molecular flexibility index (Phi) is 4.51. The van der Waals surface area contributed by atoms with Crippen LogP contribution in [0.3, 0.4) is 0 Å². The molecule has 2 fully saturated rings. The lowest BCUT2D eigenvalue weighted by molar-refractivity contribution is -0.135. The van der Waals surface area contributed by atoms with Crippen molar-refractivity contribution < 1.29 is 23.9 Å². The minimum atomic E-state index is -1.23. The summed E-state index contributed by atoms with van der Waals surface area (Å²) in [6.45, 7) is 1.02. The summed E-state index contributed by atoms with van der Waals surface area (Å²) < 4.78 is 13.9. The number of nitrogens with one attached hydrogen (secondary N) is 1. The molecule has 2 aliphatic rings. The van der Waals surface area contributed by atoms with E-state index in [2.05, 4.69) is 5.32 Å². The van der Waals surface area contributed by atoms with Crippen LogP contribution in [0.5, 0.6) is 0 Å². The molecule has 0 bridgehead atoms. The van der Waals surface area contributed by atoms with E-state index in [1.165, 1.54) is 12.1 Å². The van der Waals surface area contributed by atoms with E-state index in [1.807, 2.05) is 0 Å². The fourth-order valence-corrected chi connectivity index (χ4v) is 2.96.